The molecular weight excluding hydrogens is 552 g/mol. The molecule has 1 aromatic heterocycles. The highest BCUT2D eigenvalue weighted by atomic mass is 35.5. The number of benzene rings is 3. The first-order valence-electron chi connectivity index (χ1n) is 14.1. The van der Waals surface area contributed by atoms with Crippen molar-refractivity contribution in [1.29, 1.82) is 0 Å². The minimum absolute atomic E-state index is 0.122. The number of fused-ring (bicyclic) bond motifs is 2. The summed E-state index contributed by atoms with van der Waals surface area (Å²) in [6.07, 6.45) is 2.42. The van der Waals surface area contributed by atoms with E-state index in [9.17, 15) is 19.2 Å². The van der Waals surface area contributed by atoms with Gasteiger partial charge in [0.15, 0.2) is 6.10 Å². The van der Waals surface area contributed by atoms with E-state index < -0.39 is 12.1 Å². The summed E-state index contributed by atoms with van der Waals surface area (Å²) in [6, 6.07) is 20.8. The maximum Gasteiger partial charge on any atom is 0.339 e. The second-order valence-corrected chi connectivity index (χ2v) is 11.5. The lowest BCUT2D eigenvalue weighted by Crippen LogP contribution is -2.30. The Morgan fingerprint density at radius 3 is 2.29 bits per heavy atom. The van der Waals surface area contributed by atoms with Gasteiger partial charge in [0.2, 0.25) is 17.6 Å². The largest absolute Gasteiger partial charge is 0.451 e. The summed E-state index contributed by atoms with van der Waals surface area (Å²) >= 11 is 6.04. The summed E-state index contributed by atoms with van der Waals surface area (Å²) in [5.74, 6) is -1.70. The van der Waals surface area contributed by atoms with Gasteiger partial charge in [-0.15, -0.1) is 0 Å². The molecule has 2 amide bonds. The van der Waals surface area contributed by atoms with E-state index in [1.807, 2.05) is 25.1 Å². The first kappa shape index (κ1) is 27.8. The number of amides is 2. The van der Waals surface area contributed by atoms with Crippen LogP contribution in [0.15, 0.2) is 72.8 Å². The fraction of sp³-hybridized carbons (Fsp3) is 0.265. The quantitative estimate of drug-likeness (QED) is 0.139. The topological polar surface area (TPSA) is 93.6 Å². The van der Waals surface area contributed by atoms with Gasteiger partial charge in [0.05, 0.1) is 34.3 Å². The smallest absolute Gasteiger partial charge is 0.339 e. The molecule has 1 aliphatic carbocycles. The fourth-order valence-electron chi connectivity index (χ4n) is 6.01. The minimum Gasteiger partial charge on any atom is -0.451 e. The number of Topliss-reactive ketones (excluding diaryl/α,β-unsaturated/α-hetero) is 1. The molecule has 212 valence electrons. The molecule has 0 bridgehead atoms. The number of esters is 1. The number of ether oxygens (including phenoxy) is 1. The Kier molecular flexibility index (Phi) is 7.37. The van der Waals surface area contributed by atoms with Crippen LogP contribution in [-0.2, 0) is 14.3 Å². The minimum atomic E-state index is -1.04. The molecule has 2 aliphatic rings. The van der Waals surface area contributed by atoms with Crippen molar-refractivity contribution in [3.8, 4) is 11.3 Å². The van der Waals surface area contributed by atoms with Crippen molar-refractivity contribution in [1.82, 2.24) is 4.98 Å². The highest BCUT2D eigenvalue weighted by Gasteiger charge is 2.48. The van der Waals surface area contributed by atoms with Gasteiger partial charge in [-0.1, -0.05) is 60.3 Å². The number of aryl methyl sites for hydroxylation is 1. The van der Waals surface area contributed by atoms with Crippen molar-refractivity contribution in [3.05, 3.63) is 94.5 Å². The van der Waals surface area contributed by atoms with E-state index >= 15 is 0 Å². The van der Waals surface area contributed by atoms with Gasteiger partial charge in [-0.25, -0.2) is 9.78 Å². The van der Waals surface area contributed by atoms with Crippen LogP contribution in [0.3, 0.4) is 0 Å². The highest BCUT2D eigenvalue weighted by Crippen LogP contribution is 2.40. The van der Waals surface area contributed by atoms with E-state index in [4.69, 9.17) is 21.3 Å². The zero-order valence-electron chi connectivity index (χ0n) is 23.3. The van der Waals surface area contributed by atoms with E-state index in [2.05, 4.69) is 0 Å². The number of carbonyl (C=O) groups is 4. The number of hydrogen-bond acceptors (Lipinski definition) is 6. The number of pyridine rings is 1. The lowest BCUT2D eigenvalue weighted by atomic mass is 9.81. The van der Waals surface area contributed by atoms with Gasteiger partial charge in [-0.3, -0.25) is 19.3 Å². The van der Waals surface area contributed by atoms with Crippen molar-refractivity contribution >= 4 is 51.8 Å². The molecule has 0 unspecified atom stereocenters. The lowest BCUT2D eigenvalue weighted by molar-refractivity contribution is -0.122. The van der Waals surface area contributed by atoms with Crippen molar-refractivity contribution in [2.75, 3.05) is 4.90 Å². The van der Waals surface area contributed by atoms with Gasteiger partial charge < -0.3 is 4.74 Å². The number of nitrogens with zero attached hydrogens (tertiary/aromatic N) is 2. The first-order chi connectivity index (χ1) is 20.2. The monoisotopic (exact) mass is 580 g/mol. The van der Waals surface area contributed by atoms with Crippen LogP contribution >= 0.6 is 11.6 Å². The second-order valence-electron chi connectivity index (χ2n) is 11.1. The average Bonchev–Trinajstić information content (AvgIpc) is 3.25. The third kappa shape index (κ3) is 5.09. The molecule has 8 heteroatoms. The van der Waals surface area contributed by atoms with Crippen LogP contribution in [0.4, 0.5) is 5.69 Å². The summed E-state index contributed by atoms with van der Waals surface area (Å²) in [7, 11) is 0. The van der Waals surface area contributed by atoms with Crippen LogP contribution in [0, 0.1) is 18.8 Å². The second kappa shape index (κ2) is 11.1. The third-order valence-electron chi connectivity index (χ3n) is 8.21. The van der Waals surface area contributed by atoms with Crippen molar-refractivity contribution in [3.63, 3.8) is 0 Å². The predicted octanol–water partition coefficient (Wildman–Crippen LogP) is 6.97. The zero-order chi connectivity index (χ0) is 29.5. The molecule has 2 heterocycles. The number of carbonyl (C=O) groups excluding carboxylic acids is 4. The average molecular weight is 581 g/mol. The van der Waals surface area contributed by atoms with E-state index in [0.29, 0.717) is 38.4 Å². The van der Waals surface area contributed by atoms with Crippen LogP contribution < -0.4 is 4.90 Å². The molecule has 42 heavy (non-hydrogen) atoms. The first-order valence-corrected chi connectivity index (χ1v) is 14.5. The van der Waals surface area contributed by atoms with Gasteiger partial charge in [-0.2, -0.15) is 0 Å². The van der Waals surface area contributed by atoms with E-state index in [-0.39, 0.29) is 35.0 Å². The molecule has 2 fully saturated rings. The van der Waals surface area contributed by atoms with Crippen LogP contribution in [-0.4, -0.2) is 34.7 Å². The summed E-state index contributed by atoms with van der Waals surface area (Å²) in [5, 5.41) is 1.03. The number of hydrogen-bond donors (Lipinski definition) is 0. The van der Waals surface area contributed by atoms with Crippen molar-refractivity contribution < 1.29 is 23.9 Å². The van der Waals surface area contributed by atoms with Crippen LogP contribution in [0.1, 0.15) is 58.9 Å². The molecule has 3 atom stereocenters. The molecule has 7 nitrogen and oxygen atoms in total. The molecular formula is C34H29ClN2O5. The number of aromatic nitrogens is 1. The molecule has 1 saturated heterocycles. The molecule has 4 aromatic rings. The zero-order valence-corrected chi connectivity index (χ0v) is 24.1. The van der Waals surface area contributed by atoms with Gasteiger partial charge in [0.1, 0.15) is 0 Å². The fourth-order valence-corrected chi connectivity index (χ4v) is 6.20. The SMILES string of the molecule is Cc1ccc2nc(-c3ccc(N4C(=O)[C@H]5CCCC[C@@H]5C4=O)cc3)cc(C(=O)O[C@@H](C)C(=O)c3cccc(Cl)c3)c2c1. The number of rotatable bonds is 6. The summed E-state index contributed by atoms with van der Waals surface area (Å²) in [4.78, 5) is 58.6. The van der Waals surface area contributed by atoms with Crippen LogP contribution in [0.25, 0.3) is 22.2 Å². The van der Waals surface area contributed by atoms with Gasteiger partial charge >= 0.3 is 5.97 Å². The van der Waals surface area contributed by atoms with Crippen LogP contribution in [0.5, 0.6) is 0 Å². The third-order valence-corrected chi connectivity index (χ3v) is 8.44. The van der Waals surface area contributed by atoms with Gasteiger partial charge in [-0.05, 0) is 69.2 Å². The number of imide groups is 1. The Bertz CT molecular complexity index is 1730. The molecule has 0 N–H and O–H groups in total. The summed E-state index contributed by atoms with van der Waals surface area (Å²) in [5.41, 5.74) is 3.93. The van der Waals surface area contributed by atoms with Gasteiger partial charge in [0.25, 0.3) is 0 Å². The number of halogens is 1. The Hall–Kier alpha value is -4.36. The molecule has 1 aliphatic heterocycles. The molecule has 1 saturated carbocycles. The van der Waals surface area contributed by atoms with E-state index in [1.54, 1.807) is 54.6 Å². The Labute approximate surface area is 248 Å². The number of ketones is 1. The Balaban J connectivity index is 1.30. The summed E-state index contributed by atoms with van der Waals surface area (Å²) < 4.78 is 5.65. The predicted molar refractivity (Wildman–Crippen MR) is 161 cm³/mol. The van der Waals surface area contributed by atoms with E-state index in [1.165, 1.54) is 11.8 Å². The standard InChI is InChI=1S/C34H29ClN2O5/c1-19-10-15-29-27(16-19)28(34(41)42-20(2)31(38)22-6-5-7-23(35)17-22)18-30(36-29)21-11-13-24(14-12-21)37-32(39)25-8-3-4-9-26(25)33(37)40/h5-7,10-18,20,25-26H,3-4,8-9H2,1-2H3/t20-,25-,26-/m0/s1. The number of anilines is 1. The van der Waals surface area contributed by atoms with Crippen molar-refractivity contribution in [2.45, 2.75) is 45.6 Å². The molecule has 0 spiro atoms. The van der Waals surface area contributed by atoms with Crippen LogP contribution in [0.2, 0.25) is 5.02 Å². The van der Waals surface area contributed by atoms with E-state index in [0.717, 1.165) is 31.2 Å². The molecule has 3 aromatic carbocycles. The summed E-state index contributed by atoms with van der Waals surface area (Å²) in [6.45, 7) is 3.45. The Morgan fingerprint density at radius 2 is 1.62 bits per heavy atom. The van der Waals surface area contributed by atoms with Gasteiger partial charge in [0, 0.05) is 21.5 Å². The highest BCUT2D eigenvalue weighted by molar-refractivity contribution is 6.31. The van der Waals surface area contributed by atoms with Crippen molar-refractivity contribution in [2.24, 2.45) is 11.8 Å². The normalized spacial score (nSPS) is 19.1. The maximum atomic E-state index is 13.5. The lowest BCUT2D eigenvalue weighted by Gasteiger charge is -2.19. The maximum absolute atomic E-state index is 13.5. The molecule has 0 radical (unpaired) electrons. The molecule has 6 rings (SSSR count). The Morgan fingerprint density at radius 1 is 0.929 bits per heavy atom.